The average Bonchev–Trinajstić information content (AvgIpc) is 2.48. The van der Waals surface area contributed by atoms with Crippen LogP contribution in [0.4, 0.5) is 4.39 Å². The van der Waals surface area contributed by atoms with Crippen LogP contribution < -0.4 is 10.1 Å². The van der Waals surface area contributed by atoms with Crippen LogP contribution in [0.5, 0.6) is 5.75 Å². The minimum Gasteiger partial charge on any atom is -0.489 e. The highest BCUT2D eigenvalue weighted by Gasteiger charge is 2.05. The molecule has 21 heavy (non-hydrogen) atoms. The molecule has 112 valence electrons. The molecule has 0 saturated heterocycles. The first kappa shape index (κ1) is 16.0. The number of hydrogen-bond acceptors (Lipinski definition) is 2. The lowest BCUT2D eigenvalue weighted by Gasteiger charge is -2.10. The minimum absolute atomic E-state index is 0.272. The van der Waals surface area contributed by atoms with Gasteiger partial charge in [0.05, 0.1) is 4.47 Å². The maximum atomic E-state index is 13.4. The highest BCUT2D eigenvalue weighted by Crippen LogP contribution is 2.22. The van der Waals surface area contributed by atoms with Crippen molar-refractivity contribution in [2.75, 3.05) is 0 Å². The molecule has 0 spiro atoms. The monoisotopic (exact) mass is 351 g/mol. The Hall–Kier alpha value is -1.39. The molecule has 0 unspecified atom stereocenters. The maximum absolute atomic E-state index is 13.4. The van der Waals surface area contributed by atoms with Crippen LogP contribution in [0.2, 0.25) is 0 Å². The zero-order valence-electron chi connectivity index (χ0n) is 12.2. The first-order valence-electron chi connectivity index (χ1n) is 6.94. The highest BCUT2D eigenvalue weighted by atomic mass is 79.9. The first-order chi connectivity index (χ1) is 10.1. The van der Waals surface area contributed by atoms with Gasteiger partial charge in [0.2, 0.25) is 0 Å². The summed E-state index contributed by atoms with van der Waals surface area (Å²) < 4.78 is 19.6. The third-order valence-electron chi connectivity index (χ3n) is 3.06. The van der Waals surface area contributed by atoms with Gasteiger partial charge in [0.1, 0.15) is 18.2 Å². The summed E-state index contributed by atoms with van der Waals surface area (Å²) in [5, 5.41) is 3.36. The van der Waals surface area contributed by atoms with Gasteiger partial charge in [0.25, 0.3) is 0 Å². The van der Waals surface area contributed by atoms with Gasteiger partial charge in [-0.2, -0.15) is 0 Å². The molecule has 2 rings (SSSR count). The lowest BCUT2D eigenvalue weighted by Crippen LogP contribution is -2.21. The van der Waals surface area contributed by atoms with Gasteiger partial charge >= 0.3 is 0 Å². The Morgan fingerprint density at radius 3 is 2.52 bits per heavy atom. The predicted molar refractivity (Wildman–Crippen MR) is 86.8 cm³/mol. The van der Waals surface area contributed by atoms with Gasteiger partial charge < -0.3 is 10.1 Å². The number of nitrogens with one attached hydrogen (secondary N) is 1. The molecule has 0 aliphatic rings. The van der Waals surface area contributed by atoms with Crippen LogP contribution >= 0.6 is 15.9 Å². The average molecular weight is 352 g/mol. The zero-order valence-corrected chi connectivity index (χ0v) is 13.8. The van der Waals surface area contributed by atoms with Crippen LogP contribution in [0.1, 0.15) is 25.0 Å². The second-order valence-electron chi connectivity index (χ2n) is 5.18. The Labute approximate surface area is 133 Å². The van der Waals surface area contributed by atoms with Gasteiger partial charge in [-0.3, -0.25) is 0 Å². The van der Waals surface area contributed by atoms with Gasteiger partial charge in [0, 0.05) is 18.2 Å². The maximum Gasteiger partial charge on any atom is 0.137 e. The molecule has 1 N–H and O–H groups in total. The normalized spacial score (nSPS) is 10.9. The van der Waals surface area contributed by atoms with Crippen molar-refractivity contribution in [1.82, 2.24) is 5.32 Å². The smallest absolute Gasteiger partial charge is 0.137 e. The number of halogens is 2. The Balaban J connectivity index is 1.93. The number of benzene rings is 2. The van der Waals surface area contributed by atoms with Gasteiger partial charge in [-0.1, -0.05) is 38.1 Å². The highest BCUT2D eigenvalue weighted by molar-refractivity contribution is 9.10. The van der Waals surface area contributed by atoms with Crippen LogP contribution in [0.15, 0.2) is 46.9 Å². The Morgan fingerprint density at radius 1 is 1.14 bits per heavy atom. The van der Waals surface area contributed by atoms with Crippen LogP contribution in [-0.2, 0) is 13.2 Å². The molecule has 2 aromatic rings. The van der Waals surface area contributed by atoms with Crippen molar-refractivity contribution in [2.45, 2.75) is 33.0 Å². The number of hydrogen-bond donors (Lipinski definition) is 1. The number of ether oxygens (including phenoxy) is 1. The fraction of sp³-hybridized carbons (Fsp3) is 0.294. The zero-order chi connectivity index (χ0) is 15.2. The van der Waals surface area contributed by atoms with Gasteiger partial charge in [-0.25, -0.2) is 4.39 Å². The third-order valence-corrected chi connectivity index (χ3v) is 3.95. The summed E-state index contributed by atoms with van der Waals surface area (Å²) in [5.74, 6) is 0.505. The van der Waals surface area contributed by atoms with Crippen LogP contribution in [0, 0.1) is 5.82 Å². The minimum atomic E-state index is -0.272. The quantitative estimate of drug-likeness (QED) is 0.816. The van der Waals surface area contributed by atoms with Crippen LogP contribution in [0.3, 0.4) is 0 Å². The molecule has 0 atom stereocenters. The summed E-state index contributed by atoms with van der Waals surface area (Å²) in [5.41, 5.74) is 2.00. The Kier molecular flexibility index (Phi) is 5.76. The summed E-state index contributed by atoms with van der Waals surface area (Å²) in [6.45, 7) is 5.41. The van der Waals surface area contributed by atoms with Crippen molar-refractivity contribution < 1.29 is 9.13 Å². The van der Waals surface area contributed by atoms with E-state index in [1.54, 1.807) is 6.07 Å². The third kappa shape index (κ3) is 4.83. The summed E-state index contributed by atoms with van der Waals surface area (Å²) in [6, 6.07) is 13.3. The van der Waals surface area contributed by atoms with E-state index in [-0.39, 0.29) is 5.82 Å². The molecule has 2 nitrogen and oxygen atoms in total. The van der Waals surface area contributed by atoms with Crippen molar-refractivity contribution in [3.8, 4) is 5.75 Å². The molecule has 0 heterocycles. The Morgan fingerprint density at radius 2 is 1.86 bits per heavy atom. The predicted octanol–water partition coefficient (Wildman–Crippen LogP) is 4.67. The van der Waals surface area contributed by atoms with E-state index in [9.17, 15) is 4.39 Å². The van der Waals surface area contributed by atoms with Gasteiger partial charge in [-0.05, 0) is 39.7 Å². The standard InChI is InChI=1S/C17H19BrFNO/c1-12(2)20-10-13-6-8-15(9-7-13)21-11-14-4-3-5-16(19)17(14)18/h3-9,12,20H,10-11H2,1-2H3. The second-order valence-corrected chi connectivity index (χ2v) is 5.97. The summed E-state index contributed by atoms with van der Waals surface area (Å²) in [6.07, 6.45) is 0. The lowest BCUT2D eigenvalue weighted by molar-refractivity contribution is 0.304. The molecule has 0 amide bonds. The molecule has 2 aromatic carbocycles. The largest absolute Gasteiger partial charge is 0.489 e. The summed E-state index contributed by atoms with van der Waals surface area (Å²) in [4.78, 5) is 0. The molecule has 0 fully saturated rings. The van der Waals surface area contributed by atoms with Crippen molar-refractivity contribution in [2.24, 2.45) is 0 Å². The van der Waals surface area contributed by atoms with Crippen molar-refractivity contribution in [3.05, 3.63) is 63.9 Å². The van der Waals surface area contributed by atoms with E-state index >= 15 is 0 Å². The number of rotatable bonds is 6. The lowest BCUT2D eigenvalue weighted by atomic mass is 10.2. The van der Waals surface area contributed by atoms with E-state index in [1.807, 2.05) is 30.3 Å². The van der Waals surface area contributed by atoms with Crippen molar-refractivity contribution >= 4 is 15.9 Å². The molecule has 4 heteroatoms. The summed E-state index contributed by atoms with van der Waals surface area (Å²) >= 11 is 3.24. The van der Waals surface area contributed by atoms with Crippen LogP contribution in [0.25, 0.3) is 0 Å². The molecule has 0 saturated carbocycles. The van der Waals surface area contributed by atoms with E-state index < -0.39 is 0 Å². The van der Waals surface area contributed by atoms with Crippen molar-refractivity contribution in [1.29, 1.82) is 0 Å². The molecule has 0 aromatic heterocycles. The molecule has 0 radical (unpaired) electrons. The van der Waals surface area contributed by atoms with E-state index in [2.05, 4.69) is 35.1 Å². The SMILES string of the molecule is CC(C)NCc1ccc(OCc2cccc(F)c2Br)cc1. The Bertz CT molecular complexity index is 584. The second kappa shape index (κ2) is 7.57. The van der Waals surface area contributed by atoms with Gasteiger partial charge in [-0.15, -0.1) is 0 Å². The van der Waals surface area contributed by atoms with Gasteiger partial charge in [0.15, 0.2) is 0 Å². The molecule has 0 aliphatic heterocycles. The molecular formula is C17H19BrFNO. The fourth-order valence-electron chi connectivity index (χ4n) is 1.85. The molecule has 0 aliphatic carbocycles. The molecule has 0 bridgehead atoms. The van der Waals surface area contributed by atoms with Crippen molar-refractivity contribution in [3.63, 3.8) is 0 Å². The topological polar surface area (TPSA) is 21.3 Å². The fourth-order valence-corrected chi connectivity index (χ4v) is 2.23. The van der Waals surface area contributed by atoms with E-state index in [1.165, 1.54) is 11.6 Å². The van der Waals surface area contributed by atoms with E-state index in [4.69, 9.17) is 4.74 Å². The molecular weight excluding hydrogens is 333 g/mol. The van der Waals surface area contributed by atoms with E-state index in [0.717, 1.165) is 17.9 Å². The van der Waals surface area contributed by atoms with E-state index in [0.29, 0.717) is 17.1 Å². The summed E-state index contributed by atoms with van der Waals surface area (Å²) in [7, 11) is 0. The van der Waals surface area contributed by atoms with Crippen LogP contribution in [-0.4, -0.2) is 6.04 Å². The first-order valence-corrected chi connectivity index (χ1v) is 7.73.